The van der Waals surface area contributed by atoms with Crippen LogP contribution in [0.5, 0.6) is 5.75 Å². The van der Waals surface area contributed by atoms with Gasteiger partial charge in [-0.15, -0.1) is 0 Å². The maximum Gasteiger partial charge on any atom is 0.344 e. The number of rotatable bonds is 6. The molecule has 2 aromatic carbocycles. The maximum absolute atomic E-state index is 11.8. The monoisotopic (exact) mass is 357 g/mol. The second kappa shape index (κ2) is 7.85. The lowest BCUT2D eigenvalue weighted by Gasteiger charge is -2.06. The van der Waals surface area contributed by atoms with Crippen molar-refractivity contribution in [3.8, 4) is 17.1 Å². The van der Waals surface area contributed by atoms with E-state index >= 15 is 0 Å². The highest BCUT2D eigenvalue weighted by molar-refractivity contribution is 6.30. The minimum Gasteiger partial charge on any atom is -0.482 e. The van der Waals surface area contributed by atoms with Crippen LogP contribution >= 0.6 is 11.6 Å². The molecule has 0 spiro atoms. The lowest BCUT2D eigenvalue weighted by atomic mass is 10.2. The Kier molecular flexibility index (Phi) is 5.36. The first kappa shape index (κ1) is 17.0. The van der Waals surface area contributed by atoms with Gasteiger partial charge in [0.15, 0.2) is 12.4 Å². The summed E-state index contributed by atoms with van der Waals surface area (Å²) in [7, 11) is 0. The summed E-state index contributed by atoms with van der Waals surface area (Å²) in [5.41, 5.74) is 2.49. The van der Waals surface area contributed by atoms with Crippen LogP contribution in [-0.2, 0) is 16.1 Å². The molecule has 6 heteroatoms. The summed E-state index contributed by atoms with van der Waals surface area (Å²) in [6.07, 6.45) is 0. The van der Waals surface area contributed by atoms with Gasteiger partial charge in [-0.05, 0) is 43.3 Å². The van der Waals surface area contributed by atoms with E-state index in [-0.39, 0.29) is 13.2 Å². The Morgan fingerprint density at radius 1 is 1.12 bits per heavy atom. The van der Waals surface area contributed by atoms with Gasteiger partial charge >= 0.3 is 5.97 Å². The molecule has 25 heavy (non-hydrogen) atoms. The Morgan fingerprint density at radius 3 is 2.56 bits per heavy atom. The van der Waals surface area contributed by atoms with Crippen molar-refractivity contribution in [3.05, 3.63) is 70.9 Å². The Labute approximate surface area is 150 Å². The number of esters is 1. The number of halogens is 1. The zero-order valence-corrected chi connectivity index (χ0v) is 14.3. The van der Waals surface area contributed by atoms with Crippen LogP contribution in [0.2, 0.25) is 5.02 Å². The molecule has 0 amide bonds. The van der Waals surface area contributed by atoms with Crippen LogP contribution in [0.3, 0.4) is 0 Å². The largest absolute Gasteiger partial charge is 0.482 e. The zero-order chi connectivity index (χ0) is 17.6. The van der Waals surface area contributed by atoms with Crippen LogP contribution in [0.1, 0.15) is 11.3 Å². The van der Waals surface area contributed by atoms with E-state index in [0.29, 0.717) is 22.2 Å². The Balaban J connectivity index is 1.49. The van der Waals surface area contributed by atoms with Crippen molar-refractivity contribution in [2.24, 2.45) is 0 Å². The predicted octanol–water partition coefficient (Wildman–Crippen LogP) is 4.43. The first-order chi connectivity index (χ1) is 12.1. The number of hydrogen-bond acceptors (Lipinski definition) is 5. The van der Waals surface area contributed by atoms with E-state index < -0.39 is 5.97 Å². The standard InChI is InChI=1S/C19H16ClNO4/c1-13-2-8-17(9-3-13)23-12-19(22)24-11-16-10-18(25-21-16)14-4-6-15(20)7-5-14/h2-10H,11-12H2,1H3. The fraction of sp³-hybridized carbons (Fsp3) is 0.158. The molecule has 1 heterocycles. The van der Waals surface area contributed by atoms with E-state index in [9.17, 15) is 4.79 Å². The molecule has 0 fully saturated rings. The van der Waals surface area contributed by atoms with Crippen molar-refractivity contribution in [2.75, 3.05) is 6.61 Å². The van der Waals surface area contributed by atoms with Gasteiger partial charge in [-0.1, -0.05) is 34.5 Å². The van der Waals surface area contributed by atoms with E-state index in [4.69, 9.17) is 25.6 Å². The summed E-state index contributed by atoms with van der Waals surface area (Å²) >= 11 is 5.85. The molecule has 0 N–H and O–H groups in total. The van der Waals surface area contributed by atoms with Gasteiger partial charge in [-0.3, -0.25) is 0 Å². The highest BCUT2D eigenvalue weighted by atomic mass is 35.5. The quantitative estimate of drug-likeness (QED) is 0.611. The molecule has 0 aliphatic heterocycles. The van der Waals surface area contributed by atoms with Crippen LogP contribution in [0.4, 0.5) is 0 Å². The molecule has 5 nitrogen and oxygen atoms in total. The summed E-state index contributed by atoms with van der Waals surface area (Å²) in [4.78, 5) is 11.8. The molecule has 0 saturated carbocycles. The molecule has 0 saturated heterocycles. The number of ether oxygens (including phenoxy) is 2. The van der Waals surface area contributed by atoms with E-state index in [2.05, 4.69) is 5.16 Å². The highest BCUT2D eigenvalue weighted by Crippen LogP contribution is 2.22. The average molecular weight is 358 g/mol. The summed E-state index contributed by atoms with van der Waals surface area (Å²) in [5, 5.41) is 4.53. The van der Waals surface area contributed by atoms with Crippen LogP contribution in [-0.4, -0.2) is 17.7 Å². The fourth-order valence-electron chi connectivity index (χ4n) is 2.10. The van der Waals surface area contributed by atoms with Crippen LogP contribution in [0, 0.1) is 6.92 Å². The van der Waals surface area contributed by atoms with Gasteiger partial charge in [0.2, 0.25) is 0 Å². The molecule has 128 valence electrons. The van der Waals surface area contributed by atoms with Gasteiger partial charge in [0, 0.05) is 16.7 Å². The summed E-state index contributed by atoms with van der Waals surface area (Å²) in [5.74, 6) is 0.726. The van der Waals surface area contributed by atoms with Crippen molar-refractivity contribution in [1.82, 2.24) is 5.16 Å². The lowest BCUT2D eigenvalue weighted by Crippen LogP contribution is -2.14. The van der Waals surface area contributed by atoms with E-state index in [1.807, 2.05) is 31.2 Å². The summed E-state index contributed by atoms with van der Waals surface area (Å²) < 4.78 is 15.7. The van der Waals surface area contributed by atoms with Gasteiger partial charge in [0.25, 0.3) is 0 Å². The van der Waals surface area contributed by atoms with Crippen molar-refractivity contribution >= 4 is 17.6 Å². The molecule has 0 aliphatic rings. The zero-order valence-electron chi connectivity index (χ0n) is 13.6. The van der Waals surface area contributed by atoms with E-state index in [0.717, 1.165) is 11.1 Å². The number of hydrogen-bond donors (Lipinski definition) is 0. The van der Waals surface area contributed by atoms with Crippen molar-refractivity contribution in [2.45, 2.75) is 13.5 Å². The minimum atomic E-state index is -0.475. The Hall–Kier alpha value is -2.79. The number of aryl methyl sites for hydroxylation is 1. The number of carbonyl (C=O) groups is 1. The Morgan fingerprint density at radius 2 is 1.84 bits per heavy atom. The number of carbonyl (C=O) groups excluding carboxylic acids is 1. The summed E-state index contributed by atoms with van der Waals surface area (Å²) in [6.45, 7) is 1.84. The minimum absolute atomic E-state index is 0.0210. The molecule has 0 radical (unpaired) electrons. The van der Waals surface area contributed by atoms with Gasteiger partial charge < -0.3 is 14.0 Å². The molecule has 3 aromatic rings. The first-order valence-corrected chi connectivity index (χ1v) is 8.04. The topological polar surface area (TPSA) is 61.6 Å². The smallest absolute Gasteiger partial charge is 0.344 e. The van der Waals surface area contributed by atoms with E-state index in [1.165, 1.54) is 0 Å². The van der Waals surface area contributed by atoms with Crippen molar-refractivity contribution in [1.29, 1.82) is 0 Å². The van der Waals surface area contributed by atoms with Gasteiger partial charge in [0.1, 0.15) is 18.1 Å². The van der Waals surface area contributed by atoms with Crippen LogP contribution in [0.15, 0.2) is 59.1 Å². The number of benzene rings is 2. The van der Waals surface area contributed by atoms with Crippen LogP contribution in [0.25, 0.3) is 11.3 Å². The number of nitrogens with zero attached hydrogens (tertiary/aromatic N) is 1. The van der Waals surface area contributed by atoms with Crippen molar-refractivity contribution in [3.63, 3.8) is 0 Å². The average Bonchev–Trinajstić information content (AvgIpc) is 3.09. The Bertz CT molecular complexity index is 841. The lowest BCUT2D eigenvalue weighted by molar-refractivity contribution is -0.147. The molecule has 0 unspecified atom stereocenters. The van der Waals surface area contributed by atoms with Gasteiger partial charge in [0.05, 0.1) is 0 Å². The normalized spacial score (nSPS) is 10.5. The molecule has 0 bridgehead atoms. The molecule has 3 rings (SSSR count). The summed E-state index contributed by atoms with van der Waals surface area (Å²) in [6, 6.07) is 16.3. The third kappa shape index (κ3) is 4.84. The molecule has 0 aliphatic carbocycles. The fourth-order valence-corrected chi connectivity index (χ4v) is 2.23. The van der Waals surface area contributed by atoms with Gasteiger partial charge in [-0.2, -0.15) is 0 Å². The van der Waals surface area contributed by atoms with Crippen LogP contribution < -0.4 is 4.74 Å². The van der Waals surface area contributed by atoms with Gasteiger partial charge in [-0.25, -0.2) is 4.79 Å². The second-order valence-corrected chi connectivity index (χ2v) is 5.89. The third-order valence-corrected chi connectivity index (χ3v) is 3.70. The second-order valence-electron chi connectivity index (χ2n) is 5.45. The molecular formula is C19H16ClNO4. The number of aromatic nitrogens is 1. The third-order valence-electron chi connectivity index (χ3n) is 3.45. The van der Waals surface area contributed by atoms with Crippen molar-refractivity contribution < 1.29 is 18.8 Å². The van der Waals surface area contributed by atoms with E-state index in [1.54, 1.807) is 30.3 Å². The predicted molar refractivity (Wildman–Crippen MR) is 93.4 cm³/mol. The SMILES string of the molecule is Cc1ccc(OCC(=O)OCc2cc(-c3ccc(Cl)cc3)on2)cc1. The molecule has 1 aromatic heterocycles. The highest BCUT2D eigenvalue weighted by Gasteiger charge is 2.10. The molecule has 0 atom stereocenters. The first-order valence-electron chi connectivity index (χ1n) is 7.67. The maximum atomic E-state index is 11.8. The molecular weight excluding hydrogens is 342 g/mol.